The minimum absolute atomic E-state index is 0.192. The van der Waals surface area contributed by atoms with E-state index in [1.807, 2.05) is 59.8 Å². The topological polar surface area (TPSA) is 87.0 Å². The van der Waals surface area contributed by atoms with Crippen LogP contribution in [0.5, 0.6) is 0 Å². The number of halogens is 2. The lowest BCUT2D eigenvalue weighted by Crippen LogP contribution is -2.38. The number of fused-ring (bicyclic) bond motifs is 1. The number of pyridine rings is 1. The fourth-order valence-electron chi connectivity index (χ4n) is 4.17. The Bertz CT molecular complexity index is 1330. The number of nitrogens with one attached hydrogen (secondary N) is 1. The van der Waals surface area contributed by atoms with E-state index < -0.39 is 6.09 Å². The van der Waals surface area contributed by atoms with E-state index in [-0.39, 0.29) is 6.04 Å². The number of amides is 1. The van der Waals surface area contributed by atoms with Crippen LogP contribution in [-0.4, -0.2) is 48.9 Å². The van der Waals surface area contributed by atoms with Gasteiger partial charge in [-0.2, -0.15) is 5.10 Å². The largest absolute Gasteiger partial charge is 0.465 e. The highest BCUT2D eigenvalue weighted by Crippen LogP contribution is 2.30. The molecule has 1 saturated heterocycles. The van der Waals surface area contributed by atoms with Crippen molar-refractivity contribution in [3.8, 4) is 11.1 Å². The third-order valence-corrected chi connectivity index (χ3v) is 6.70. The van der Waals surface area contributed by atoms with Gasteiger partial charge in [-0.25, -0.2) is 9.78 Å². The fourth-order valence-corrected chi connectivity index (χ4v) is 4.69. The fraction of sp³-hybridized carbons (Fsp3) is 0.208. The lowest BCUT2D eigenvalue weighted by atomic mass is 10.1. The normalized spacial score (nSPS) is 15.0. The number of H-pyrrole nitrogens is 1. The zero-order valence-electron chi connectivity index (χ0n) is 17.6. The zero-order chi connectivity index (χ0) is 22.9. The predicted octanol–water partition coefficient (Wildman–Crippen LogP) is 6.22. The molecule has 1 aromatic carbocycles. The van der Waals surface area contributed by atoms with Gasteiger partial charge in [-0.15, -0.1) is 0 Å². The molecule has 0 unspecified atom stereocenters. The molecule has 4 aromatic rings. The maximum Gasteiger partial charge on any atom is 0.407 e. The summed E-state index contributed by atoms with van der Waals surface area (Å²) in [6, 6.07) is 7.72. The van der Waals surface area contributed by atoms with Crippen molar-refractivity contribution in [3.05, 3.63) is 70.2 Å². The quantitative estimate of drug-likeness (QED) is 0.362. The van der Waals surface area contributed by atoms with Crippen LogP contribution in [0.25, 0.3) is 34.3 Å². The van der Waals surface area contributed by atoms with Crippen LogP contribution in [0, 0.1) is 0 Å². The van der Waals surface area contributed by atoms with Crippen molar-refractivity contribution in [1.29, 1.82) is 0 Å². The van der Waals surface area contributed by atoms with Gasteiger partial charge in [-0.1, -0.05) is 41.4 Å². The third-order valence-electron chi connectivity index (χ3n) is 6.04. The molecule has 0 spiro atoms. The van der Waals surface area contributed by atoms with E-state index in [1.165, 1.54) is 4.90 Å². The first kappa shape index (κ1) is 21.6. The molecular weight excluding hydrogens is 461 g/mol. The maximum atomic E-state index is 11.1. The number of likely N-dealkylation sites (tertiary alicyclic amines) is 1. The molecule has 33 heavy (non-hydrogen) atoms. The van der Waals surface area contributed by atoms with Gasteiger partial charge < -0.3 is 15.0 Å². The molecule has 2 N–H and O–H groups in total. The van der Waals surface area contributed by atoms with E-state index in [0.29, 0.717) is 23.1 Å². The molecule has 0 saturated carbocycles. The predicted molar refractivity (Wildman–Crippen MR) is 131 cm³/mol. The molecule has 0 bridgehead atoms. The maximum absolute atomic E-state index is 11.1. The SMILES string of the molecule is O=C(O)N1CCC(n2cc(-c3cnc4[nH]cc(C=Cc5c(Cl)cccc5Cl)c4c3)cn2)CC1. The van der Waals surface area contributed by atoms with Gasteiger partial charge in [-0.05, 0) is 31.0 Å². The van der Waals surface area contributed by atoms with Crippen molar-refractivity contribution in [2.24, 2.45) is 0 Å². The highest BCUT2D eigenvalue weighted by atomic mass is 35.5. The summed E-state index contributed by atoms with van der Waals surface area (Å²) in [6.45, 7) is 1.05. The Hall–Kier alpha value is -3.29. The second-order valence-electron chi connectivity index (χ2n) is 8.04. The summed E-state index contributed by atoms with van der Waals surface area (Å²) >= 11 is 12.6. The Kier molecular flexibility index (Phi) is 5.83. The van der Waals surface area contributed by atoms with Crippen LogP contribution < -0.4 is 0 Å². The van der Waals surface area contributed by atoms with Crippen LogP contribution in [0.2, 0.25) is 10.0 Å². The number of nitrogens with zero attached hydrogens (tertiary/aromatic N) is 4. The molecule has 0 aliphatic carbocycles. The number of benzene rings is 1. The summed E-state index contributed by atoms with van der Waals surface area (Å²) in [5.41, 5.74) is 4.47. The zero-order valence-corrected chi connectivity index (χ0v) is 19.1. The summed E-state index contributed by atoms with van der Waals surface area (Å²) in [6.07, 6.45) is 12.1. The van der Waals surface area contributed by atoms with Gasteiger partial charge in [0.1, 0.15) is 5.65 Å². The lowest BCUT2D eigenvalue weighted by Gasteiger charge is -2.30. The van der Waals surface area contributed by atoms with Gasteiger partial charge in [0.15, 0.2) is 0 Å². The molecule has 0 radical (unpaired) electrons. The van der Waals surface area contributed by atoms with Crippen molar-refractivity contribution in [1.82, 2.24) is 24.6 Å². The number of carbonyl (C=O) groups is 1. The standard InChI is InChI=1S/C24H21Cl2N5O2/c25-21-2-1-3-22(26)19(21)5-4-15-11-27-23-20(15)10-16(12-28-23)17-13-29-31(14-17)18-6-8-30(9-7-18)24(32)33/h1-5,10-14,18H,6-9H2,(H,27,28)(H,32,33). The second-order valence-corrected chi connectivity index (χ2v) is 8.86. The molecule has 7 nitrogen and oxygen atoms in total. The molecule has 1 aliphatic rings. The number of piperidine rings is 1. The van der Waals surface area contributed by atoms with Crippen molar-refractivity contribution in [3.63, 3.8) is 0 Å². The monoisotopic (exact) mass is 481 g/mol. The molecule has 1 fully saturated rings. The third kappa shape index (κ3) is 4.34. The van der Waals surface area contributed by atoms with Gasteiger partial charge in [-0.3, -0.25) is 4.68 Å². The van der Waals surface area contributed by atoms with Crippen LogP contribution in [-0.2, 0) is 0 Å². The summed E-state index contributed by atoms with van der Waals surface area (Å²) in [4.78, 5) is 20.4. The van der Waals surface area contributed by atoms with E-state index in [9.17, 15) is 4.79 Å². The number of aromatic nitrogens is 4. The molecule has 3 aromatic heterocycles. The molecule has 168 valence electrons. The Morgan fingerprint density at radius 3 is 2.61 bits per heavy atom. The number of hydrogen-bond acceptors (Lipinski definition) is 3. The van der Waals surface area contributed by atoms with Crippen LogP contribution in [0.15, 0.2) is 49.1 Å². The Balaban J connectivity index is 1.39. The van der Waals surface area contributed by atoms with Gasteiger partial charge in [0.25, 0.3) is 0 Å². The van der Waals surface area contributed by atoms with Crippen molar-refractivity contribution >= 4 is 52.5 Å². The van der Waals surface area contributed by atoms with Crippen molar-refractivity contribution < 1.29 is 9.90 Å². The van der Waals surface area contributed by atoms with Crippen LogP contribution in [0.3, 0.4) is 0 Å². The van der Waals surface area contributed by atoms with E-state index in [0.717, 1.165) is 46.1 Å². The highest BCUT2D eigenvalue weighted by Gasteiger charge is 2.24. The Morgan fingerprint density at radius 2 is 1.88 bits per heavy atom. The summed E-state index contributed by atoms with van der Waals surface area (Å²) in [5, 5.41) is 15.9. The first-order valence-corrected chi connectivity index (χ1v) is 11.4. The number of aromatic amines is 1. The Labute approximate surface area is 200 Å². The lowest BCUT2D eigenvalue weighted by molar-refractivity contribution is 0.124. The van der Waals surface area contributed by atoms with E-state index in [2.05, 4.69) is 21.1 Å². The molecule has 1 amide bonds. The summed E-state index contributed by atoms with van der Waals surface area (Å²) in [5.74, 6) is 0. The molecule has 0 atom stereocenters. The molecule has 1 aliphatic heterocycles. The van der Waals surface area contributed by atoms with Crippen LogP contribution in [0.4, 0.5) is 4.79 Å². The van der Waals surface area contributed by atoms with Gasteiger partial charge >= 0.3 is 6.09 Å². The minimum Gasteiger partial charge on any atom is -0.465 e. The molecular formula is C24H21Cl2N5O2. The molecule has 5 rings (SSSR count). The summed E-state index contributed by atoms with van der Waals surface area (Å²) in [7, 11) is 0. The van der Waals surface area contributed by atoms with E-state index >= 15 is 0 Å². The highest BCUT2D eigenvalue weighted by molar-refractivity contribution is 6.37. The van der Waals surface area contributed by atoms with E-state index in [1.54, 1.807) is 0 Å². The van der Waals surface area contributed by atoms with Crippen LogP contribution in [0.1, 0.15) is 30.0 Å². The van der Waals surface area contributed by atoms with Gasteiger partial charge in [0.05, 0.1) is 12.2 Å². The first-order valence-electron chi connectivity index (χ1n) is 10.6. The number of hydrogen-bond donors (Lipinski definition) is 2. The second kappa shape index (κ2) is 8.92. The number of rotatable bonds is 4. The van der Waals surface area contributed by atoms with Gasteiger partial charge in [0, 0.05) is 69.4 Å². The Morgan fingerprint density at radius 1 is 1.12 bits per heavy atom. The average molecular weight is 482 g/mol. The smallest absolute Gasteiger partial charge is 0.407 e. The summed E-state index contributed by atoms with van der Waals surface area (Å²) < 4.78 is 1.94. The first-order chi connectivity index (χ1) is 16.0. The van der Waals surface area contributed by atoms with Crippen molar-refractivity contribution in [2.75, 3.05) is 13.1 Å². The van der Waals surface area contributed by atoms with Crippen LogP contribution >= 0.6 is 23.2 Å². The van der Waals surface area contributed by atoms with Crippen molar-refractivity contribution in [2.45, 2.75) is 18.9 Å². The molecule has 9 heteroatoms. The molecule has 4 heterocycles. The minimum atomic E-state index is -0.859. The number of carboxylic acid groups (broad SMARTS) is 1. The average Bonchev–Trinajstić information content (AvgIpc) is 3.46. The van der Waals surface area contributed by atoms with Gasteiger partial charge in [0.2, 0.25) is 0 Å². The van der Waals surface area contributed by atoms with E-state index in [4.69, 9.17) is 28.3 Å².